The van der Waals surface area contributed by atoms with Gasteiger partial charge >= 0.3 is 12.1 Å². The number of aliphatic hydroxyl groups excluding tert-OH is 1. The van der Waals surface area contributed by atoms with Crippen molar-refractivity contribution in [2.45, 2.75) is 50.6 Å². The second-order valence-corrected chi connectivity index (χ2v) is 13.9. The Morgan fingerprint density at radius 2 is 1.78 bits per heavy atom. The third-order valence-corrected chi connectivity index (χ3v) is 10.0. The molecular weight excluding hydrogens is 632 g/mol. The number of aliphatic hydroxyl groups is 1. The molecule has 2 N–H and O–H groups in total. The highest BCUT2D eigenvalue weighted by atomic mass is 32.2. The summed E-state index contributed by atoms with van der Waals surface area (Å²) in [4.78, 5) is 14.0. The Labute approximate surface area is 261 Å². The average molecular weight is 665 g/mol. The first-order valence-corrected chi connectivity index (χ1v) is 16.6. The molecule has 4 heterocycles. The van der Waals surface area contributed by atoms with Crippen molar-refractivity contribution < 1.29 is 45.4 Å². The topological polar surface area (TPSA) is 129 Å². The van der Waals surface area contributed by atoms with Crippen molar-refractivity contribution in [3.05, 3.63) is 76.4 Å². The minimum absolute atomic E-state index is 0.0157. The van der Waals surface area contributed by atoms with E-state index in [0.29, 0.717) is 60.1 Å². The van der Waals surface area contributed by atoms with Crippen molar-refractivity contribution in [2.75, 3.05) is 32.4 Å². The van der Waals surface area contributed by atoms with Gasteiger partial charge < -0.3 is 19.5 Å². The smallest absolute Gasteiger partial charge is 0.416 e. The molecule has 0 saturated carbocycles. The summed E-state index contributed by atoms with van der Waals surface area (Å²) in [6, 6.07) is 8.52. The molecule has 0 bridgehead atoms. The Morgan fingerprint density at radius 1 is 1.09 bits per heavy atom. The Bertz CT molecular complexity index is 1880. The van der Waals surface area contributed by atoms with Crippen molar-refractivity contribution >= 4 is 27.0 Å². The van der Waals surface area contributed by atoms with E-state index in [4.69, 9.17) is 4.42 Å². The molecule has 2 aliphatic heterocycles. The molecule has 2 aromatic carbocycles. The second kappa shape index (κ2) is 12.1. The summed E-state index contributed by atoms with van der Waals surface area (Å²) in [5, 5.41) is 26.1. The summed E-state index contributed by atoms with van der Waals surface area (Å²) in [5.74, 6) is -2.07. The van der Waals surface area contributed by atoms with Crippen LogP contribution >= 0.6 is 0 Å². The number of carboxylic acid groups (broad SMARTS) is 1. The van der Waals surface area contributed by atoms with Crippen LogP contribution in [0.5, 0.6) is 0 Å². The molecule has 2 aromatic heterocycles. The standard InChI is InChI=1S/C31H32F4N4O6S/c1-46(43,44)38-13-10-25-24(17-38)28(19-2-4-20(5-3-19)31(33,34)35)36-39(25)16-22(40)15-37-11-8-18(9-12-37)27-23-7-6-21(32)14-26(23)45-29(27)30(41)42/h2-7,14,18,22,40H,8-13,15-17H2,1H3,(H,41,42). The lowest BCUT2D eigenvalue weighted by Crippen LogP contribution is -2.40. The van der Waals surface area contributed by atoms with Crippen LogP contribution in [0.3, 0.4) is 0 Å². The maximum absolute atomic E-state index is 13.7. The lowest BCUT2D eigenvalue weighted by Gasteiger charge is -2.33. The number of aromatic carboxylic acids is 1. The largest absolute Gasteiger partial charge is 0.475 e. The fraction of sp³-hybridized carbons (Fsp3) is 0.419. The number of benzene rings is 2. The molecule has 246 valence electrons. The van der Waals surface area contributed by atoms with Gasteiger partial charge in [0.05, 0.1) is 30.2 Å². The van der Waals surface area contributed by atoms with Gasteiger partial charge in [0.2, 0.25) is 15.8 Å². The molecule has 0 aliphatic carbocycles. The van der Waals surface area contributed by atoms with Crippen LogP contribution in [0.4, 0.5) is 17.6 Å². The van der Waals surface area contributed by atoms with Crippen LogP contribution in [0.25, 0.3) is 22.2 Å². The number of nitrogens with zero attached hydrogens (tertiary/aromatic N) is 4. The Hall–Kier alpha value is -3.79. The Balaban J connectivity index is 1.18. The zero-order valence-corrected chi connectivity index (χ0v) is 25.6. The second-order valence-electron chi connectivity index (χ2n) is 11.9. The number of fused-ring (bicyclic) bond motifs is 2. The van der Waals surface area contributed by atoms with Gasteiger partial charge in [-0.05, 0) is 56.1 Å². The molecular formula is C31H32F4N4O6S. The average Bonchev–Trinajstić information content (AvgIpc) is 3.55. The Kier molecular flexibility index (Phi) is 8.46. The molecule has 2 aliphatic rings. The third kappa shape index (κ3) is 6.41. The normalized spacial score (nSPS) is 17.8. The molecule has 6 rings (SSSR count). The van der Waals surface area contributed by atoms with Gasteiger partial charge in [-0.15, -0.1) is 0 Å². The predicted molar refractivity (Wildman–Crippen MR) is 159 cm³/mol. The molecule has 10 nitrogen and oxygen atoms in total. The van der Waals surface area contributed by atoms with E-state index in [1.807, 2.05) is 0 Å². The number of β-amino-alcohol motifs (C(OH)–C–C–N with tert-alkyl or cyclic N) is 1. The number of likely N-dealkylation sites (tertiary alicyclic amines) is 1. The van der Waals surface area contributed by atoms with Crippen LogP contribution in [0.15, 0.2) is 46.9 Å². The summed E-state index contributed by atoms with van der Waals surface area (Å²) < 4.78 is 86.3. The first kappa shape index (κ1) is 32.2. The summed E-state index contributed by atoms with van der Waals surface area (Å²) in [7, 11) is -3.53. The van der Waals surface area contributed by atoms with Crippen molar-refractivity contribution in [2.24, 2.45) is 0 Å². The number of rotatable bonds is 8. The van der Waals surface area contributed by atoms with Crippen LogP contribution in [-0.4, -0.2) is 82.1 Å². The SMILES string of the molecule is CS(=O)(=O)N1CCc2c(c(-c3ccc(C(F)(F)F)cc3)nn2CC(O)CN2CCC(c3c(C(=O)O)oc4cc(F)ccc34)CC2)C1. The minimum Gasteiger partial charge on any atom is -0.475 e. The first-order chi connectivity index (χ1) is 21.7. The van der Waals surface area contributed by atoms with Crippen LogP contribution in [0.2, 0.25) is 0 Å². The van der Waals surface area contributed by atoms with Crippen LogP contribution in [0, 0.1) is 5.82 Å². The molecule has 0 amide bonds. The van der Waals surface area contributed by atoms with E-state index < -0.39 is 39.7 Å². The number of carboxylic acids is 1. The van der Waals surface area contributed by atoms with E-state index in [1.54, 1.807) is 4.68 Å². The maximum atomic E-state index is 13.7. The maximum Gasteiger partial charge on any atom is 0.416 e. The monoisotopic (exact) mass is 664 g/mol. The van der Waals surface area contributed by atoms with Gasteiger partial charge in [0.25, 0.3) is 0 Å². The van der Waals surface area contributed by atoms with Gasteiger partial charge in [0, 0.05) is 59.9 Å². The zero-order chi connectivity index (χ0) is 33.0. The van der Waals surface area contributed by atoms with E-state index in [-0.39, 0.29) is 43.4 Å². The molecule has 1 atom stereocenters. The van der Waals surface area contributed by atoms with Gasteiger partial charge in [0.15, 0.2) is 0 Å². The number of halogens is 4. The van der Waals surface area contributed by atoms with Gasteiger partial charge in [0.1, 0.15) is 11.4 Å². The van der Waals surface area contributed by atoms with E-state index in [9.17, 15) is 41.0 Å². The third-order valence-electron chi connectivity index (χ3n) is 8.79. The van der Waals surface area contributed by atoms with E-state index in [0.717, 1.165) is 24.1 Å². The van der Waals surface area contributed by atoms with Gasteiger partial charge in [-0.25, -0.2) is 17.6 Å². The molecule has 1 saturated heterocycles. The van der Waals surface area contributed by atoms with Crippen LogP contribution in [0.1, 0.15) is 51.7 Å². The van der Waals surface area contributed by atoms with E-state index >= 15 is 0 Å². The first-order valence-electron chi connectivity index (χ1n) is 14.8. The number of carbonyl (C=O) groups is 1. The zero-order valence-electron chi connectivity index (χ0n) is 24.8. The summed E-state index contributed by atoms with van der Waals surface area (Å²) in [6.45, 7) is 1.72. The van der Waals surface area contributed by atoms with Crippen molar-refractivity contribution in [3.8, 4) is 11.3 Å². The van der Waals surface area contributed by atoms with E-state index in [1.165, 1.54) is 34.6 Å². The Morgan fingerprint density at radius 3 is 2.41 bits per heavy atom. The summed E-state index contributed by atoms with van der Waals surface area (Å²) in [5.41, 5.74) is 2.00. The number of furan rings is 1. The molecule has 15 heteroatoms. The number of alkyl halides is 3. The lowest BCUT2D eigenvalue weighted by molar-refractivity contribution is -0.137. The van der Waals surface area contributed by atoms with Gasteiger partial charge in [-0.1, -0.05) is 12.1 Å². The molecule has 1 unspecified atom stereocenters. The number of piperidine rings is 1. The highest BCUT2D eigenvalue weighted by Gasteiger charge is 2.34. The fourth-order valence-electron chi connectivity index (χ4n) is 6.56. The van der Waals surface area contributed by atoms with Crippen molar-refractivity contribution in [3.63, 3.8) is 0 Å². The molecule has 46 heavy (non-hydrogen) atoms. The highest BCUT2D eigenvalue weighted by Crippen LogP contribution is 2.38. The van der Waals surface area contributed by atoms with Crippen LogP contribution in [-0.2, 0) is 35.7 Å². The number of hydrogen-bond donors (Lipinski definition) is 2. The number of aromatic nitrogens is 2. The summed E-state index contributed by atoms with van der Waals surface area (Å²) >= 11 is 0. The van der Waals surface area contributed by atoms with Gasteiger partial charge in [-0.2, -0.15) is 22.6 Å². The minimum atomic E-state index is -4.51. The number of sulfonamides is 1. The predicted octanol–water partition coefficient (Wildman–Crippen LogP) is 4.71. The molecule has 4 aromatic rings. The highest BCUT2D eigenvalue weighted by molar-refractivity contribution is 7.88. The quantitative estimate of drug-likeness (QED) is 0.259. The molecule has 0 spiro atoms. The van der Waals surface area contributed by atoms with E-state index in [2.05, 4.69) is 10.00 Å². The summed E-state index contributed by atoms with van der Waals surface area (Å²) in [6.07, 6.45) is -2.77. The van der Waals surface area contributed by atoms with Crippen molar-refractivity contribution in [1.29, 1.82) is 0 Å². The molecule has 0 radical (unpaired) electrons. The van der Waals surface area contributed by atoms with Crippen LogP contribution < -0.4 is 0 Å². The van der Waals surface area contributed by atoms with Gasteiger partial charge in [-0.3, -0.25) is 4.68 Å². The lowest BCUT2D eigenvalue weighted by atomic mass is 9.87. The molecule has 1 fully saturated rings. The number of hydrogen-bond acceptors (Lipinski definition) is 7. The van der Waals surface area contributed by atoms with Crippen molar-refractivity contribution in [1.82, 2.24) is 19.0 Å². The fourth-order valence-corrected chi connectivity index (χ4v) is 7.35.